The fourth-order valence-electron chi connectivity index (χ4n) is 2.91. The van der Waals surface area contributed by atoms with Crippen molar-refractivity contribution in [1.82, 2.24) is 5.32 Å². The maximum atomic E-state index is 3.46. The van der Waals surface area contributed by atoms with Gasteiger partial charge in [-0.2, -0.15) is 0 Å². The quantitative estimate of drug-likeness (QED) is 0.789. The predicted octanol–water partition coefficient (Wildman–Crippen LogP) is 4.95. The largest absolute Gasteiger partial charge is 0.309 e. The summed E-state index contributed by atoms with van der Waals surface area (Å²) < 4.78 is 0. The highest BCUT2D eigenvalue weighted by atomic mass is 14.9. The van der Waals surface area contributed by atoms with E-state index >= 15 is 0 Å². The second kappa shape index (κ2) is 7.42. The molecule has 0 aliphatic rings. The molecule has 0 aromatic heterocycles. The van der Waals surface area contributed by atoms with Gasteiger partial charge in [-0.15, -0.1) is 0 Å². The van der Waals surface area contributed by atoms with Crippen molar-refractivity contribution in [2.75, 3.05) is 7.05 Å². The van der Waals surface area contributed by atoms with E-state index in [-0.39, 0.29) is 6.04 Å². The zero-order valence-corrected chi connectivity index (χ0v) is 13.7. The highest BCUT2D eigenvalue weighted by Gasteiger charge is 2.14. The maximum absolute atomic E-state index is 3.46. The van der Waals surface area contributed by atoms with Gasteiger partial charge in [0.15, 0.2) is 0 Å². The molecule has 0 saturated heterocycles. The summed E-state index contributed by atoms with van der Waals surface area (Å²) in [5.74, 6) is 0. The molecule has 0 saturated carbocycles. The van der Waals surface area contributed by atoms with E-state index in [0.29, 0.717) is 0 Å². The van der Waals surface area contributed by atoms with Crippen LogP contribution in [0.3, 0.4) is 0 Å². The van der Waals surface area contributed by atoms with Crippen molar-refractivity contribution in [3.63, 3.8) is 0 Å². The van der Waals surface area contributed by atoms with Gasteiger partial charge in [-0.25, -0.2) is 0 Å². The van der Waals surface area contributed by atoms with Crippen LogP contribution in [0, 0.1) is 13.8 Å². The van der Waals surface area contributed by atoms with Gasteiger partial charge in [-0.1, -0.05) is 61.4 Å². The van der Waals surface area contributed by atoms with Gasteiger partial charge in [0.2, 0.25) is 0 Å². The molecule has 0 radical (unpaired) electrons. The number of nitrogens with one attached hydrogen (secondary N) is 1. The van der Waals surface area contributed by atoms with Crippen molar-refractivity contribution in [2.24, 2.45) is 0 Å². The third kappa shape index (κ3) is 3.95. The van der Waals surface area contributed by atoms with Crippen molar-refractivity contribution in [3.8, 4) is 0 Å². The van der Waals surface area contributed by atoms with E-state index < -0.39 is 0 Å². The Labute approximate surface area is 129 Å². The summed E-state index contributed by atoms with van der Waals surface area (Å²) in [6.07, 6.45) is 3.71. The van der Waals surface area contributed by atoms with E-state index in [1.54, 1.807) is 0 Å². The van der Waals surface area contributed by atoms with Crippen LogP contribution in [0.2, 0.25) is 0 Å². The summed E-state index contributed by atoms with van der Waals surface area (Å²) in [6, 6.07) is 16.1. The van der Waals surface area contributed by atoms with Gasteiger partial charge in [0.25, 0.3) is 0 Å². The summed E-state index contributed by atoms with van der Waals surface area (Å²) in [5.41, 5.74) is 6.82. The Morgan fingerprint density at radius 2 is 1.71 bits per heavy atom. The van der Waals surface area contributed by atoms with E-state index in [0.717, 1.165) is 0 Å². The first-order valence-electron chi connectivity index (χ1n) is 7.99. The van der Waals surface area contributed by atoms with Gasteiger partial charge in [0.05, 0.1) is 6.04 Å². The minimum Gasteiger partial charge on any atom is -0.309 e. The topological polar surface area (TPSA) is 12.0 Å². The van der Waals surface area contributed by atoms with Gasteiger partial charge in [-0.05, 0) is 56.0 Å². The molecule has 0 amide bonds. The van der Waals surface area contributed by atoms with E-state index in [4.69, 9.17) is 0 Å². The minimum absolute atomic E-state index is 0.269. The molecule has 0 spiro atoms. The maximum Gasteiger partial charge on any atom is 0.0576 e. The Kier molecular flexibility index (Phi) is 5.58. The van der Waals surface area contributed by atoms with Gasteiger partial charge >= 0.3 is 0 Å². The lowest BCUT2D eigenvalue weighted by Crippen LogP contribution is -2.18. The van der Waals surface area contributed by atoms with Crippen molar-refractivity contribution < 1.29 is 0 Å². The van der Waals surface area contributed by atoms with E-state index in [2.05, 4.69) is 68.6 Å². The average Bonchev–Trinajstić information content (AvgIpc) is 2.49. The molecule has 21 heavy (non-hydrogen) atoms. The third-order valence-corrected chi connectivity index (χ3v) is 4.16. The van der Waals surface area contributed by atoms with Crippen molar-refractivity contribution in [1.29, 1.82) is 0 Å². The molecular weight excluding hydrogens is 254 g/mol. The van der Waals surface area contributed by atoms with E-state index in [9.17, 15) is 0 Å². The predicted molar refractivity (Wildman–Crippen MR) is 91.9 cm³/mol. The number of hydrogen-bond donors (Lipinski definition) is 1. The van der Waals surface area contributed by atoms with Crippen LogP contribution < -0.4 is 5.32 Å². The molecule has 1 N–H and O–H groups in total. The first-order chi connectivity index (χ1) is 10.2. The lowest BCUT2D eigenvalue weighted by Gasteiger charge is -2.20. The van der Waals surface area contributed by atoms with Crippen LogP contribution >= 0.6 is 0 Å². The highest BCUT2D eigenvalue weighted by Crippen LogP contribution is 2.25. The summed E-state index contributed by atoms with van der Waals surface area (Å²) in [7, 11) is 2.04. The Morgan fingerprint density at radius 3 is 2.29 bits per heavy atom. The fourth-order valence-corrected chi connectivity index (χ4v) is 2.91. The van der Waals surface area contributed by atoms with Gasteiger partial charge in [0.1, 0.15) is 0 Å². The molecular formula is C20H27N. The van der Waals surface area contributed by atoms with Crippen LogP contribution in [0.4, 0.5) is 0 Å². The molecule has 1 atom stereocenters. The summed E-state index contributed by atoms with van der Waals surface area (Å²) in [4.78, 5) is 0. The van der Waals surface area contributed by atoms with Crippen LogP contribution in [0.15, 0.2) is 42.5 Å². The smallest absolute Gasteiger partial charge is 0.0576 e. The summed E-state index contributed by atoms with van der Waals surface area (Å²) in [5, 5.41) is 3.46. The lowest BCUT2D eigenvalue weighted by atomic mass is 9.93. The van der Waals surface area contributed by atoms with Crippen molar-refractivity contribution >= 4 is 0 Å². The zero-order chi connectivity index (χ0) is 15.2. The van der Waals surface area contributed by atoms with Gasteiger partial charge < -0.3 is 5.32 Å². The minimum atomic E-state index is 0.269. The zero-order valence-electron chi connectivity index (χ0n) is 13.7. The second-order valence-corrected chi connectivity index (χ2v) is 5.93. The van der Waals surface area contributed by atoms with Crippen molar-refractivity contribution in [2.45, 2.75) is 46.1 Å². The molecule has 2 rings (SSSR count). The van der Waals surface area contributed by atoms with Crippen LogP contribution in [0.1, 0.15) is 53.6 Å². The molecule has 0 aliphatic carbocycles. The summed E-state index contributed by atoms with van der Waals surface area (Å²) >= 11 is 0. The molecule has 1 nitrogen and oxygen atoms in total. The Hall–Kier alpha value is -1.60. The van der Waals surface area contributed by atoms with Gasteiger partial charge in [0, 0.05) is 0 Å². The van der Waals surface area contributed by atoms with Crippen LogP contribution in [0.25, 0.3) is 0 Å². The fraction of sp³-hybridized carbons (Fsp3) is 0.400. The molecule has 2 aromatic carbocycles. The number of hydrogen-bond acceptors (Lipinski definition) is 1. The molecule has 2 aromatic rings. The number of unbranched alkanes of at least 4 members (excludes halogenated alkanes) is 1. The first-order valence-corrected chi connectivity index (χ1v) is 7.99. The summed E-state index contributed by atoms with van der Waals surface area (Å²) in [6.45, 7) is 6.58. The average molecular weight is 281 g/mol. The molecule has 1 heteroatoms. The molecule has 0 aliphatic heterocycles. The van der Waals surface area contributed by atoms with Crippen LogP contribution in [-0.2, 0) is 6.42 Å². The molecule has 0 bridgehead atoms. The third-order valence-electron chi connectivity index (χ3n) is 4.16. The SMILES string of the molecule is CCCCc1ccc(C(NC)c2ccc(C)cc2C)cc1. The lowest BCUT2D eigenvalue weighted by molar-refractivity contribution is 0.686. The monoisotopic (exact) mass is 281 g/mol. The molecule has 1 unspecified atom stereocenters. The Bertz CT molecular complexity index is 569. The van der Waals surface area contributed by atoms with Crippen LogP contribution in [0.5, 0.6) is 0 Å². The normalized spacial score (nSPS) is 12.4. The standard InChI is InChI=1S/C20H27N/c1-5-6-7-17-9-11-18(12-10-17)20(21-4)19-13-8-15(2)14-16(19)3/h8-14,20-21H,5-7H2,1-4H3. The first kappa shape index (κ1) is 15.8. The number of rotatable bonds is 6. The van der Waals surface area contributed by atoms with Crippen molar-refractivity contribution in [3.05, 3.63) is 70.3 Å². The second-order valence-electron chi connectivity index (χ2n) is 5.93. The Balaban J connectivity index is 2.24. The van der Waals surface area contributed by atoms with E-state index in [1.165, 1.54) is 47.1 Å². The molecule has 112 valence electrons. The highest BCUT2D eigenvalue weighted by molar-refractivity contribution is 5.39. The number of benzene rings is 2. The molecule has 0 heterocycles. The van der Waals surface area contributed by atoms with Crippen LogP contribution in [-0.4, -0.2) is 7.05 Å². The Morgan fingerprint density at radius 1 is 1.00 bits per heavy atom. The van der Waals surface area contributed by atoms with E-state index in [1.807, 2.05) is 7.05 Å². The number of aryl methyl sites for hydroxylation is 3. The van der Waals surface area contributed by atoms with Gasteiger partial charge in [-0.3, -0.25) is 0 Å². The molecule has 0 fully saturated rings.